The molecule has 4 aromatic rings. The summed E-state index contributed by atoms with van der Waals surface area (Å²) in [7, 11) is 0. The molecule has 0 spiro atoms. The van der Waals surface area contributed by atoms with Gasteiger partial charge in [0.25, 0.3) is 11.6 Å². The zero-order valence-electron chi connectivity index (χ0n) is 19.1. The van der Waals surface area contributed by atoms with Crippen molar-refractivity contribution in [3.63, 3.8) is 0 Å². The molecule has 2 aromatic heterocycles. The topological polar surface area (TPSA) is 154 Å². The first-order chi connectivity index (χ1) is 17.2. The van der Waals surface area contributed by atoms with Gasteiger partial charge in [-0.05, 0) is 31.2 Å². The molecule has 0 saturated carbocycles. The molecule has 0 saturated heterocycles. The fourth-order valence-electron chi connectivity index (χ4n) is 3.60. The minimum absolute atomic E-state index is 0.0554. The van der Waals surface area contributed by atoms with E-state index >= 15 is 0 Å². The number of carbonyl (C=O) groups is 1. The molecule has 11 heteroatoms. The number of benzene rings is 2. The summed E-state index contributed by atoms with van der Waals surface area (Å²) < 4.78 is 12.5. The van der Waals surface area contributed by atoms with Crippen LogP contribution in [0.1, 0.15) is 21.6 Å². The second kappa shape index (κ2) is 10.1. The number of aromatic nitrogens is 1. The summed E-state index contributed by atoms with van der Waals surface area (Å²) in [6, 6.07) is 13.5. The van der Waals surface area contributed by atoms with E-state index in [1.165, 1.54) is 30.5 Å². The molecule has 184 valence electrons. The number of ether oxygens (including phenoxy) is 1. The van der Waals surface area contributed by atoms with Crippen molar-refractivity contribution in [1.82, 2.24) is 9.88 Å². The van der Waals surface area contributed by atoms with Crippen molar-refractivity contribution < 1.29 is 24.0 Å². The third-order valence-corrected chi connectivity index (χ3v) is 5.59. The van der Waals surface area contributed by atoms with Crippen LogP contribution in [0, 0.1) is 17.0 Å². The Morgan fingerprint density at radius 1 is 1.17 bits per heavy atom. The number of para-hydroxylation sites is 1. The number of nitro benzene ring substituents is 1. The molecule has 0 atom stereocenters. The van der Waals surface area contributed by atoms with E-state index in [4.69, 9.17) is 9.15 Å². The van der Waals surface area contributed by atoms with Gasteiger partial charge in [-0.3, -0.25) is 19.7 Å². The number of aromatic hydroxyl groups is 1. The zero-order chi connectivity index (χ0) is 25.8. The average Bonchev–Trinajstić information content (AvgIpc) is 2.86. The summed E-state index contributed by atoms with van der Waals surface area (Å²) in [6.45, 7) is 1.93. The molecule has 1 amide bonds. The first-order valence-corrected chi connectivity index (χ1v) is 10.8. The second-order valence-corrected chi connectivity index (χ2v) is 7.88. The van der Waals surface area contributed by atoms with Gasteiger partial charge in [0.1, 0.15) is 23.5 Å². The number of pyridine rings is 1. The van der Waals surface area contributed by atoms with Crippen molar-refractivity contribution in [3.8, 4) is 11.5 Å². The van der Waals surface area contributed by atoms with Crippen LogP contribution < -0.4 is 21.1 Å². The predicted octanol–water partition coefficient (Wildman–Crippen LogP) is 2.89. The van der Waals surface area contributed by atoms with Crippen molar-refractivity contribution in [1.29, 1.82) is 0 Å². The van der Waals surface area contributed by atoms with Gasteiger partial charge >= 0.3 is 5.63 Å². The van der Waals surface area contributed by atoms with Gasteiger partial charge in [-0.25, -0.2) is 4.79 Å². The number of hydrogen-bond donors (Lipinski definition) is 2. The van der Waals surface area contributed by atoms with E-state index in [0.717, 1.165) is 0 Å². The van der Waals surface area contributed by atoms with E-state index in [9.17, 15) is 29.6 Å². The molecular formula is C25H21N3O8. The van der Waals surface area contributed by atoms with E-state index in [1.54, 1.807) is 41.8 Å². The zero-order valence-corrected chi connectivity index (χ0v) is 19.1. The molecular weight excluding hydrogens is 470 g/mol. The fourth-order valence-corrected chi connectivity index (χ4v) is 3.60. The van der Waals surface area contributed by atoms with Crippen LogP contribution in [0.25, 0.3) is 11.0 Å². The maximum Gasteiger partial charge on any atom is 0.349 e. The van der Waals surface area contributed by atoms with Crippen LogP contribution in [0.5, 0.6) is 11.5 Å². The lowest BCUT2D eigenvalue weighted by Crippen LogP contribution is -2.31. The maximum absolute atomic E-state index is 12.6. The third-order valence-electron chi connectivity index (χ3n) is 5.59. The van der Waals surface area contributed by atoms with Crippen LogP contribution in [-0.4, -0.2) is 27.0 Å². The van der Waals surface area contributed by atoms with Gasteiger partial charge in [0.2, 0.25) is 5.43 Å². The van der Waals surface area contributed by atoms with Crippen LogP contribution in [0.15, 0.2) is 74.8 Å². The predicted molar refractivity (Wildman–Crippen MR) is 129 cm³/mol. The standard InChI is InChI=1S/C25H21N3O8/c1-15-23(30)21(29)8-10-27(15)11-9-26-24(31)19-12-16-6-7-18(13-22(16)36-25(19)32)35-14-17-4-2-3-5-20(17)28(33)34/h2-8,10,12-13,30H,9,11,14H2,1H3,(H,26,31). The van der Waals surface area contributed by atoms with Crippen LogP contribution in [0.3, 0.4) is 0 Å². The SMILES string of the molecule is Cc1c(O)c(=O)ccn1CCNC(=O)c1cc2ccc(OCc3ccccc3[N+](=O)[O-])cc2oc1=O. The van der Waals surface area contributed by atoms with E-state index in [-0.39, 0.29) is 42.3 Å². The van der Waals surface area contributed by atoms with E-state index in [1.807, 2.05) is 0 Å². The smallest absolute Gasteiger partial charge is 0.349 e. The normalized spacial score (nSPS) is 10.8. The Hall–Kier alpha value is -4.93. The van der Waals surface area contributed by atoms with Crippen LogP contribution in [-0.2, 0) is 13.2 Å². The lowest BCUT2D eigenvalue weighted by atomic mass is 10.1. The van der Waals surface area contributed by atoms with Crippen molar-refractivity contribution >= 4 is 22.6 Å². The summed E-state index contributed by atoms with van der Waals surface area (Å²) in [5.41, 5.74) is -0.630. The Balaban J connectivity index is 1.45. The summed E-state index contributed by atoms with van der Waals surface area (Å²) in [5, 5.41) is 24.0. The molecule has 2 N–H and O–H groups in total. The summed E-state index contributed by atoms with van der Waals surface area (Å²) in [5.74, 6) is -0.657. The van der Waals surface area contributed by atoms with Gasteiger partial charge in [0.05, 0.1) is 16.2 Å². The Morgan fingerprint density at radius 2 is 1.94 bits per heavy atom. The maximum atomic E-state index is 12.6. The molecule has 11 nitrogen and oxygen atoms in total. The number of rotatable bonds is 8. The number of nitro groups is 1. The van der Waals surface area contributed by atoms with E-state index < -0.39 is 21.9 Å². The molecule has 4 rings (SSSR count). The van der Waals surface area contributed by atoms with Crippen molar-refractivity contribution in [2.45, 2.75) is 20.1 Å². The summed E-state index contributed by atoms with van der Waals surface area (Å²) in [6.07, 6.45) is 1.50. The number of hydrogen-bond acceptors (Lipinski definition) is 8. The number of amides is 1. The lowest BCUT2D eigenvalue weighted by molar-refractivity contribution is -0.385. The molecule has 0 radical (unpaired) electrons. The molecule has 2 heterocycles. The number of nitrogens with one attached hydrogen (secondary N) is 1. The van der Waals surface area contributed by atoms with Gasteiger partial charge < -0.3 is 24.1 Å². The van der Waals surface area contributed by atoms with Gasteiger partial charge in [-0.2, -0.15) is 0 Å². The number of carbonyl (C=O) groups excluding carboxylic acids is 1. The highest BCUT2D eigenvalue weighted by atomic mass is 16.6. The Bertz CT molecular complexity index is 1590. The number of fused-ring (bicyclic) bond motifs is 1. The van der Waals surface area contributed by atoms with Crippen LogP contribution >= 0.6 is 0 Å². The van der Waals surface area contributed by atoms with Gasteiger partial charge in [-0.15, -0.1) is 0 Å². The Morgan fingerprint density at radius 3 is 2.72 bits per heavy atom. The second-order valence-electron chi connectivity index (χ2n) is 7.88. The van der Waals surface area contributed by atoms with Crippen molar-refractivity contribution in [2.75, 3.05) is 6.54 Å². The Kier molecular flexibility index (Phi) is 6.81. The highest BCUT2D eigenvalue weighted by molar-refractivity contribution is 5.96. The first-order valence-electron chi connectivity index (χ1n) is 10.8. The fraction of sp³-hybridized carbons (Fsp3) is 0.160. The molecule has 0 bridgehead atoms. The minimum Gasteiger partial charge on any atom is -0.503 e. The third kappa shape index (κ3) is 5.09. The van der Waals surface area contributed by atoms with Crippen LogP contribution in [0.4, 0.5) is 5.69 Å². The van der Waals surface area contributed by atoms with Crippen LogP contribution in [0.2, 0.25) is 0 Å². The molecule has 36 heavy (non-hydrogen) atoms. The van der Waals surface area contributed by atoms with Gasteiger partial charge in [-0.1, -0.05) is 12.1 Å². The largest absolute Gasteiger partial charge is 0.503 e. The first kappa shape index (κ1) is 24.2. The summed E-state index contributed by atoms with van der Waals surface area (Å²) in [4.78, 5) is 47.1. The molecule has 0 aliphatic heterocycles. The Labute approximate surface area is 203 Å². The van der Waals surface area contributed by atoms with Gasteiger partial charge in [0, 0.05) is 42.9 Å². The van der Waals surface area contributed by atoms with E-state index in [2.05, 4.69) is 5.32 Å². The molecule has 0 aliphatic carbocycles. The van der Waals surface area contributed by atoms with Crippen molar-refractivity contribution in [3.05, 3.63) is 108 Å². The van der Waals surface area contributed by atoms with Crippen molar-refractivity contribution in [2.24, 2.45) is 0 Å². The molecule has 0 fully saturated rings. The number of nitrogens with zero attached hydrogens (tertiary/aromatic N) is 2. The monoisotopic (exact) mass is 491 g/mol. The van der Waals surface area contributed by atoms with E-state index in [0.29, 0.717) is 22.4 Å². The quantitative estimate of drug-likeness (QED) is 0.217. The molecule has 0 aliphatic rings. The molecule has 0 unspecified atom stereocenters. The highest BCUT2D eigenvalue weighted by Gasteiger charge is 2.16. The average molecular weight is 491 g/mol. The summed E-state index contributed by atoms with van der Waals surface area (Å²) >= 11 is 0. The molecule has 2 aromatic carbocycles. The lowest BCUT2D eigenvalue weighted by Gasteiger charge is -2.12. The highest BCUT2D eigenvalue weighted by Crippen LogP contribution is 2.24. The minimum atomic E-state index is -0.840. The van der Waals surface area contributed by atoms with Gasteiger partial charge in [0.15, 0.2) is 5.75 Å².